The normalized spacial score (nSPS) is 12.1. The summed E-state index contributed by atoms with van der Waals surface area (Å²) in [5, 5.41) is 0. The number of ketones is 1. The Balaban J connectivity index is 0.00000191. The van der Waals surface area contributed by atoms with Crippen LogP contribution in [0, 0.1) is 12.8 Å². The summed E-state index contributed by atoms with van der Waals surface area (Å²) < 4.78 is 21.8. The molecule has 0 bridgehead atoms. The van der Waals surface area contributed by atoms with Crippen LogP contribution in [0.25, 0.3) is 0 Å². The zero-order valence-corrected chi connectivity index (χ0v) is 43.0. The van der Waals surface area contributed by atoms with E-state index in [2.05, 4.69) is 25.7 Å². The molecule has 1 aromatic rings. The van der Waals surface area contributed by atoms with Gasteiger partial charge in [-0.25, -0.2) is 4.79 Å². The van der Waals surface area contributed by atoms with E-state index in [1.165, 1.54) is 64.2 Å². The Bertz CT molecular complexity index is 1270. The highest BCUT2D eigenvalue weighted by atomic mass is 32.1. The van der Waals surface area contributed by atoms with Gasteiger partial charge in [0.15, 0.2) is 0 Å². The molecule has 2 heterocycles. The summed E-state index contributed by atoms with van der Waals surface area (Å²) >= 11 is 1.62. The molecule has 0 atom stereocenters. The van der Waals surface area contributed by atoms with E-state index in [4.69, 9.17) is 18.9 Å². The predicted molar refractivity (Wildman–Crippen MR) is 263 cm³/mol. The number of unbranched alkanes of at least 4 members (excludes halogenated alkanes) is 14. The van der Waals surface area contributed by atoms with Gasteiger partial charge in [0.05, 0.1) is 31.2 Å². The molecule has 1 aliphatic rings. The monoisotopic (exact) mass is 909 g/mol. The summed E-state index contributed by atoms with van der Waals surface area (Å²) in [5.41, 5.74) is 1.78. The lowest BCUT2D eigenvalue weighted by atomic mass is 9.94. The van der Waals surface area contributed by atoms with Crippen LogP contribution in [-0.4, -0.2) is 93.8 Å². The van der Waals surface area contributed by atoms with E-state index < -0.39 is 0 Å². The number of carbonyl (C=O) groups excluding carboxylic acids is 4. The van der Waals surface area contributed by atoms with Gasteiger partial charge in [-0.3, -0.25) is 14.4 Å². The standard InChI is InChI=1S/C38H66N2O5S.C12H24O3.C2H6/c1-6-8-10-12-14-17-22-32(23-18-15-13-11-9-7-2)37(42)44-28-20-16-19-24-35(41)40-27-25-33-34(30-40)46-31(3)36(33)38(43)45-29-21-26-39(4)5;1-3-9-14-11-15-10-7-5-6-8-12(13)4-2;1-2/h32H,6-30H2,1-5H3;3-11H2,1-2H3;1-2H3. The van der Waals surface area contributed by atoms with Crippen molar-refractivity contribution in [1.82, 2.24) is 9.80 Å². The highest BCUT2D eigenvalue weighted by molar-refractivity contribution is 7.12. The maximum atomic E-state index is 13.0. The van der Waals surface area contributed by atoms with Crippen LogP contribution < -0.4 is 0 Å². The lowest BCUT2D eigenvalue weighted by Crippen LogP contribution is -2.35. The number of hydrogen-bond acceptors (Lipinski definition) is 10. The van der Waals surface area contributed by atoms with Crippen molar-refractivity contribution in [2.75, 3.05) is 60.4 Å². The number of Topliss-reactive ketones (excluding diaryl/α,β-unsaturated/α-hetero) is 1. The highest BCUT2D eigenvalue weighted by Gasteiger charge is 2.29. The van der Waals surface area contributed by atoms with Gasteiger partial charge in [0.25, 0.3) is 0 Å². The number of fused-ring (bicyclic) bond motifs is 1. The molecule has 1 amide bonds. The second-order valence-electron chi connectivity index (χ2n) is 17.2. The van der Waals surface area contributed by atoms with Crippen molar-refractivity contribution in [3.63, 3.8) is 0 Å². The van der Waals surface area contributed by atoms with Gasteiger partial charge in [0.1, 0.15) is 12.6 Å². The van der Waals surface area contributed by atoms with Crippen LogP contribution in [0.15, 0.2) is 0 Å². The second kappa shape index (κ2) is 42.3. The lowest BCUT2D eigenvalue weighted by Gasteiger charge is -2.27. The van der Waals surface area contributed by atoms with Gasteiger partial charge in [0.2, 0.25) is 5.91 Å². The minimum atomic E-state index is -0.231. The molecular formula is C52H96N2O8S. The molecule has 0 saturated carbocycles. The predicted octanol–water partition coefficient (Wildman–Crippen LogP) is 13.2. The van der Waals surface area contributed by atoms with Crippen molar-refractivity contribution in [2.24, 2.45) is 5.92 Å². The first-order valence-electron chi connectivity index (χ1n) is 25.6. The van der Waals surface area contributed by atoms with E-state index in [1.54, 1.807) is 11.3 Å². The summed E-state index contributed by atoms with van der Waals surface area (Å²) in [6.07, 6.45) is 26.8. The van der Waals surface area contributed by atoms with E-state index in [9.17, 15) is 19.2 Å². The fourth-order valence-corrected chi connectivity index (χ4v) is 8.79. The SMILES string of the molecule is CC.CCCCCCCCC(CCCCCCCC)C(=O)OCCCCCC(=O)N1CCc2c(sc(C)c2C(=O)OCCCN(C)C)C1.CCCOCOCCCCCC(=O)CC. The molecule has 0 radical (unpaired) electrons. The first-order valence-corrected chi connectivity index (χ1v) is 26.4. The number of carbonyl (C=O) groups is 4. The van der Waals surface area contributed by atoms with Crippen molar-refractivity contribution < 1.29 is 38.1 Å². The number of thiophene rings is 1. The molecule has 2 rings (SSSR count). The molecule has 0 N–H and O–H groups in total. The van der Waals surface area contributed by atoms with E-state index >= 15 is 0 Å². The Morgan fingerprint density at radius 2 is 1.21 bits per heavy atom. The number of nitrogens with zero attached hydrogens (tertiary/aromatic N) is 2. The zero-order valence-electron chi connectivity index (χ0n) is 42.2. The minimum Gasteiger partial charge on any atom is -0.465 e. The third-order valence-corrected chi connectivity index (χ3v) is 12.5. The van der Waals surface area contributed by atoms with Gasteiger partial charge in [-0.2, -0.15) is 0 Å². The van der Waals surface area contributed by atoms with Crippen LogP contribution in [0.3, 0.4) is 0 Å². The van der Waals surface area contributed by atoms with Crippen LogP contribution in [0.1, 0.15) is 228 Å². The number of ether oxygens (including phenoxy) is 4. The van der Waals surface area contributed by atoms with Crippen LogP contribution in [-0.2, 0) is 46.3 Å². The highest BCUT2D eigenvalue weighted by Crippen LogP contribution is 2.33. The number of hydrogen-bond donors (Lipinski definition) is 0. The molecule has 0 spiro atoms. The number of amides is 1. The molecule has 368 valence electrons. The van der Waals surface area contributed by atoms with Crippen molar-refractivity contribution in [3.8, 4) is 0 Å². The first kappa shape index (κ1) is 60.7. The van der Waals surface area contributed by atoms with E-state index in [-0.39, 0.29) is 23.8 Å². The molecule has 11 heteroatoms. The van der Waals surface area contributed by atoms with Gasteiger partial charge < -0.3 is 28.7 Å². The van der Waals surface area contributed by atoms with Crippen molar-refractivity contribution in [1.29, 1.82) is 0 Å². The maximum Gasteiger partial charge on any atom is 0.339 e. The Kier molecular flexibility index (Phi) is 40.7. The fourth-order valence-electron chi connectivity index (χ4n) is 7.57. The molecule has 10 nitrogen and oxygen atoms in total. The zero-order chi connectivity index (χ0) is 46.9. The van der Waals surface area contributed by atoms with Crippen molar-refractivity contribution in [3.05, 3.63) is 20.9 Å². The van der Waals surface area contributed by atoms with E-state index in [1.807, 2.05) is 46.7 Å². The first-order chi connectivity index (χ1) is 30.6. The summed E-state index contributed by atoms with van der Waals surface area (Å²) in [6.45, 7) is 19.3. The topological polar surface area (TPSA) is 112 Å². The van der Waals surface area contributed by atoms with Crippen LogP contribution >= 0.6 is 11.3 Å². The Hall–Kier alpha value is -2.34. The molecule has 0 fully saturated rings. The van der Waals surface area contributed by atoms with Crippen molar-refractivity contribution >= 4 is 35.0 Å². The van der Waals surface area contributed by atoms with Gasteiger partial charge in [0, 0.05) is 55.3 Å². The van der Waals surface area contributed by atoms with Gasteiger partial charge >= 0.3 is 11.9 Å². The number of aryl methyl sites for hydroxylation is 1. The maximum absolute atomic E-state index is 13.0. The minimum absolute atomic E-state index is 0.00892. The molecule has 1 aromatic heterocycles. The van der Waals surface area contributed by atoms with Gasteiger partial charge in [-0.05, 0) is 90.8 Å². The van der Waals surface area contributed by atoms with Gasteiger partial charge in [-0.1, -0.05) is 125 Å². The summed E-state index contributed by atoms with van der Waals surface area (Å²) in [6, 6.07) is 0. The molecule has 1 aliphatic heterocycles. The summed E-state index contributed by atoms with van der Waals surface area (Å²) in [7, 11) is 4.02. The largest absolute Gasteiger partial charge is 0.465 e. The molecule has 0 saturated heterocycles. The number of rotatable bonds is 37. The average Bonchev–Trinajstić information content (AvgIpc) is 3.62. The second-order valence-corrected chi connectivity index (χ2v) is 18.5. The Morgan fingerprint density at radius 3 is 1.81 bits per heavy atom. The molecule has 0 aliphatic carbocycles. The average molecular weight is 909 g/mol. The Labute approximate surface area is 390 Å². The molecule has 0 unspecified atom stereocenters. The third-order valence-electron chi connectivity index (χ3n) is 11.4. The van der Waals surface area contributed by atoms with Crippen molar-refractivity contribution in [2.45, 2.75) is 222 Å². The van der Waals surface area contributed by atoms with E-state index in [0.29, 0.717) is 63.7 Å². The summed E-state index contributed by atoms with van der Waals surface area (Å²) in [4.78, 5) is 55.9. The number of esters is 2. The lowest BCUT2D eigenvalue weighted by molar-refractivity contribution is -0.149. The summed E-state index contributed by atoms with van der Waals surface area (Å²) in [5.74, 6) is 0.326. The molecule has 0 aromatic carbocycles. The fraction of sp³-hybridized carbons (Fsp3) is 0.846. The smallest absolute Gasteiger partial charge is 0.339 e. The molecular weight excluding hydrogens is 813 g/mol. The van der Waals surface area contributed by atoms with Crippen LogP contribution in [0.5, 0.6) is 0 Å². The van der Waals surface area contributed by atoms with E-state index in [0.717, 1.165) is 119 Å². The Morgan fingerprint density at radius 1 is 0.651 bits per heavy atom. The quantitative estimate of drug-likeness (QED) is 0.0366. The van der Waals surface area contributed by atoms with Crippen LogP contribution in [0.4, 0.5) is 0 Å². The molecule has 63 heavy (non-hydrogen) atoms. The van der Waals surface area contributed by atoms with Gasteiger partial charge in [-0.15, -0.1) is 11.3 Å². The van der Waals surface area contributed by atoms with Crippen LogP contribution in [0.2, 0.25) is 0 Å². The third kappa shape index (κ3) is 31.3.